The molecule has 0 aliphatic rings. The minimum Gasteiger partial charge on any atom is -0.379 e. The van der Waals surface area contributed by atoms with Crippen molar-refractivity contribution in [1.29, 1.82) is 0 Å². The molecule has 21 heavy (non-hydrogen) atoms. The molecule has 0 fully saturated rings. The molecule has 128 valence electrons. The molecular formula is C9H18F3NO6S2. The summed E-state index contributed by atoms with van der Waals surface area (Å²) in [5, 5.41) is 0. The van der Waals surface area contributed by atoms with Crippen LogP contribution in [0.25, 0.3) is 0 Å². The van der Waals surface area contributed by atoms with E-state index in [1.165, 1.54) is 0 Å². The van der Waals surface area contributed by atoms with Gasteiger partial charge in [0.15, 0.2) is 0 Å². The van der Waals surface area contributed by atoms with E-state index in [1.807, 2.05) is 13.8 Å². The highest BCUT2D eigenvalue weighted by Crippen LogP contribution is 2.22. The maximum atomic E-state index is 12.0. The summed E-state index contributed by atoms with van der Waals surface area (Å²) in [4.78, 5) is 0. The first-order valence-electron chi connectivity index (χ1n) is 5.94. The number of halogens is 3. The maximum absolute atomic E-state index is 12.0. The van der Waals surface area contributed by atoms with Crippen LogP contribution in [-0.2, 0) is 29.2 Å². The fourth-order valence-electron chi connectivity index (χ4n) is 1.10. The normalized spacial score (nSPS) is 13.8. The van der Waals surface area contributed by atoms with E-state index in [1.54, 1.807) is 0 Å². The van der Waals surface area contributed by atoms with Crippen LogP contribution < -0.4 is 4.13 Å². The van der Waals surface area contributed by atoms with Gasteiger partial charge in [0, 0.05) is 6.61 Å². The second kappa shape index (κ2) is 8.27. The molecule has 0 aromatic heterocycles. The van der Waals surface area contributed by atoms with Gasteiger partial charge in [0.25, 0.3) is 0 Å². The third-order valence-corrected chi connectivity index (χ3v) is 4.83. The Morgan fingerprint density at radius 2 is 1.62 bits per heavy atom. The highest BCUT2D eigenvalue weighted by atomic mass is 32.3. The number of sulfonamides is 1. The van der Waals surface area contributed by atoms with E-state index in [4.69, 9.17) is 4.74 Å². The lowest BCUT2D eigenvalue weighted by atomic mass is 10.1. The van der Waals surface area contributed by atoms with Crippen LogP contribution in [0.2, 0.25) is 0 Å². The molecule has 0 aliphatic carbocycles. The summed E-state index contributed by atoms with van der Waals surface area (Å²) >= 11 is 0. The molecule has 0 heterocycles. The molecule has 12 heteroatoms. The summed E-state index contributed by atoms with van der Waals surface area (Å²) in [5.74, 6) is 0.488. The predicted molar refractivity (Wildman–Crippen MR) is 67.9 cm³/mol. The molecule has 1 N–H and O–H groups in total. The molecule has 0 rings (SSSR count). The first-order valence-corrected chi connectivity index (χ1v) is 8.83. The third kappa shape index (κ3) is 9.24. The quantitative estimate of drug-likeness (QED) is 0.589. The van der Waals surface area contributed by atoms with Crippen molar-refractivity contribution in [2.75, 3.05) is 19.8 Å². The summed E-state index contributed by atoms with van der Waals surface area (Å²) in [6.07, 6.45) is 1.65. The van der Waals surface area contributed by atoms with Gasteiger partial charge in [-0.05, 0) is 18.8 Å². The molecule has 0 amide bonds. The average Bonchev–Trinajstić information content (AvgIpc) is 2.24. The van der Waals surface area contributed by atoms with E-state index in [0.29, 0.717) is 16.7 Å². The van der Waals surface area contributed by atoms with Crippen LogP contribution in [0.15, 0.2) is 0 Å². The SMILES string of the molecule is CC(C)CCCOCCOS(=O)(=O)NS(=O)(=O)C(F)(F)F. The van der Waals surface area contributed by atoms with E-state index in [2.05, 4.69) is 4.18 Å². The van der Waals surface area contributed by atoms with Crippen molar-refractivity contribution in [3.63, 3.8) is 0 Å². The largest absolute Gasteiger partial charge is 0.512 e. The molecule has 0 radical (unpaired) electrons. The molecule has 7 nitrogen and oxygen atoms in total. The Hall–Kier alpha value is -0.430. The minimum atomic E-state index is -6.02. The second-order valence-electron chi connectivity index (χ2n) is 4.46. The molecule has 0 aliphatic heterocycles. The zero-order valence-electron chi connectivity index (χ0n) is 11.5. The monoisotopic (exact) mass is 357 g/mol. The Morgan fingerprint density at radius 1 is 1.05 bits per heavy atom. The maximum Gasteiger partial charge on any atom is 0.512 e. The Balaban J connectivity index is 4.06. The molecule has 0 aromatic rings. The number of ether oxygens (including phenoxy) is 1. The zero-order chi connectivity index (χ0) is 16.7. The molecule has 0 bridgehead atoms. The summed E-state index contributed by atoms with van der Waals surface area (Å²) in [6.45, 7) is 3.59. The van der Waals surface area contributed by atoms with Crippen molar-refractivity contribution in [1.82, 2.24) is 4.13 Å². The predicted octanol–water partition coefficient (Wildman–Crippen LogP) is 1.14. The van der Waals surface area contributed by atoms with Crippen molar-refractivity contribution < 1.29 is 38.9 Å². The third-order valence-electron chi connectivity index (χ3n) is 2.05. The van der Waals surface area contributed by atoms with Crippen molar-refractivity contribution in [2.45, 2.75) is 32.2 Å². The Kier molecular flexibility index (Phi) is 8.10. The lowest BCUT2D eigenvalue weighted by Gasteiger charge is -2.10. The number of alkyl halides is 3. The average molecular weight is 357 g/mol. The van der Waals surface area contributed by atoms with E-state index >= 15 is 0 Å². The number of hydrogen-bond acceptors (Lipinski definition) is 6. The highest BCUT2D eigenvalue weighted by Gasteiger charge is 2.48. The fourth-order valence-corrected chi connectivity index (χ4v) is 3.04. The van der Waals surface area contributed by atoms with Crippen molar-refractivity contribution in [3.05, 3.63) is 0 Å². The van der Waals surface area contributed by atoms with E-state index in [0.717, 1.165) is 12.8 Å². The molecule has 0 saturated heterocycles. The minimum absolute atomic E-state index is 0.189. The van der Waals surface area contributed by atoms with Crippen molar-refractivity contribution in [3.8, 4) is 0 Å². The van der Waals surface area contributed by atoms with E-state index in [-0.39, 0.29) is 6.61 Å². The van der Waals surface area contributed by atoms with Crippen LogP contribution in [0.3, 0.4) is 0 Å². The molecule has 0 saturated carbocycles. The second-order valence-corrected chi connectivity index (χ2v) is 7.74. The summed E-state index contributed by atoms with van der Waals surface area (Å²) in [5.41, 5.74) is -5.74. The van der Waals surface area contributed by atoms with Gasteiger partial charge in [0.2, 0.25) is 0 Å². The Morgan fingerprint density at radius 3 is 2.10 bits per heavy atom. The van der Waals surface area contributed by atoms with Crippen molar-refractivity contribution >= 4 is 20.3 Å². The van der Waals surface area contributed by atoms with E-state index in [9.17, 15) is 30.0 Å². The molecular weight excluding hydrogens is 339 g/mol. The van der Waals surface area contributed by atoms with Crippen LogP contribution in [-0.4, -0.2) is 42.2 Å². The number of hydrogen-bond donors (Lipinski definition) is 1. The van der Waals surface area contributed by atoms with Crippen LogP contribution in [0.4, 0.5) is 13.2 Å². The molecule has 0 atom stereocenters. The number of nitrogens with one attached hydrogen (secondary N) is 1. The zero-order valence-corrected chi connectivity index (χ0v) is 13.1. The summed E-state index contributed by atoms with van der Waals surface area (Å²) < 4.78 is 88.5. The fraction of sp³-hybridized carbons (Fsp3) is 1.00. The summed E-state index contributed by atoms with van der Waals surface area (Å²) in [7, 11) is -11.1. The van der Waals surface area contributed by atoms with Gasteiger partial charge in [-0.1, -0.05) is 18.0 Å². The van der Waals surface area contributed by atoms with Crippen LogP contribution in [0.5, 0.6) is 0 Å². The van der Waals surface area contributed by atoms with Crippen LogP contribution >= 0.6 is 0 Å². The highest BCUT2D eigenvalue weighted by molar-refractivity contribution is 8.03. The Bertz CT molecular complexity index is 500. The van der Waals surface area contributed by atoms with Crippen LogP contribution in [0, 0.1) is 5.92 Å². The van der Waals surface area contributed by atoms with Gasteiger partial charge in [0.05, 0.1) is 13.2 Å². The topological polar surface area (TPSA) is 98.8 Å². The van der Waals surface area contributed by atoms with Gasteiger partial charge >= 0.3 is 25.8 Å². The van der Waals surface area contributed by atoms with Gasteiger partial charge < -0.3 is 4.74 Å². The first kappa shape index (κ1) is 20.6. The first-order chi connectivity index (χ1) is 9.37. The molecule has 0 aromatic carbocycles. The van der Waals surface area contributed by atoms with Gasteiger partial charge in [-0.15, -0.1) is 0 Å². The van der Waals surface area contributed by atoms with E-state index < -0.39 is 32.4 Å². The standard InChI is InChI=1S/C9H18F3NO6S2/c1-8(2)4-3-5-18-6-7-19-21(16,17)13-20(14,15)9(10,11)12/h8,13H,3-7H2,1-2H3. The summed E-state index contributed by atoms with van der Waals surface area (Å²) in [6, 6.07) is 0. The lowest BCUT2D eigenvalue weighted by Crippen LogP contribution is -2.41. The molecule has 0 unspecified atom stereocenters. The lowest BCUT2D eigenvalue weighted by molar-refractivity contribution is -0.0442. The van der Waals surface area contributed by atoms with Gasteiger partial charge in [0.1, 0.15) is 0 Å². The smallest absolute Gasteiger partial charge is 0.379 e. The van der Waals surface area contributed by atoms with Crippen LogP contribution in [0.1, 0.15) is 26.7 Å². The Labute approximate surface area is 122 Å². The van der Waals surface area contributed by atoms with Gasteiger partial charge in [-0.25, -0.2) is 8.42 Å². The van der Waals surface area contributed by atoms with Crippen molar-refractivity contribution in [2.24, 2.45) is 5.92 Å². The number of rotatable bonds is 10. The van der Waals surface area contributed by atoms with Gasteiger partial charge in [-0.3, -0.25) is 4.18 Å². The molecule has 0 spiro atoms. The van der Waals surface area contributed by atoms with Gasteiger partial charge in [-0.2, -0.15) is 21.6 Å².